The van der Waals surface area contributed by atoms with E-state index in [-0.39, 0.29) is 24.8 Å². The van der Waals surface area contributed by atoms with Crippen molar-refractivity contribution < 1.29 is 14.3 Å². The minimum absolute atomic E-state index is 0.0995. The smallest absolute Gasteiger partial charge is 0.266 e. The van der Waals surface area contributed by atoms with Crippen LogP contribution in [-0.4, -0.2) is 48.9 Å². The maximum atomic E-state index is 13.0. The molecule has 0 bridgehead atoms. The Morgan fingerprint density at radius 1 is 1.10 bits per heavy atom. The maximum absolute atomic E-state index is 13.0. The zero-order valence-corrected chi connectivity index (χ0v) is 26.6. The van der Waals surface area contributed by atoms with Gasteiger partial charge in [-0.25, -0.2) is 4.98 Å². The Bertz CT molecular complexity index is 1590. The van der Waals surface area contributed by atoms with Crippen LogP contribution in [0.3, 0.4) is 0 Å². The Morgan fingerprint density at radius 3 is 2.71 bits per heavy atom. The molecule has 1 saturated heterocycles. The van der Waals surface area contributed by atoms with Crippen molar-refractivity contribution in [3.63, 3.8) is 0 Å². The lowest BCUT2D eigenvalue weighted by atomic mass is 9.98. The van der Waals surface area contributed by atoms with E-state index >= 15 is 0 Å². The third-order valence-corrected chi connectivity index (χ3v) is 11.4. The maximum Gasteiger partial charge on any atom is 0.266 e. The number of para-hydroxylation sites is 1. The lowest BCUT2D eigenvalue weighted by Crippen LogP contribution is -2.31. The predicted molar refractivity (Wildman–Crippen MR) is 176 cm³/mol. The summed E-state index contributed by atoms with van der Waals surface area (Å²) in [6.45, 7) is 0.196. The number of thiocarbonyl (C=S) groups is 1. The van der Waals surface area contributed by atoms with Crippen LogP contribution < -0.4 is 10.1 Å². The number of nitrogens with zero attached hydrogens (tertiary/aromatic N) is 4. The lowest BCUT2D eigenvalue weighted by molar-refractivity contribution is -0.122. The lowest BCUT2D eigenvalue weighted by Gasteiger charge is -2.22. The molecule has 3 heterocycles. The molecule has 2 amide bonds. The molecule has 2 fully saturated rings. The van der Waals surface area contributed by atoms with Crippen LogP contribution in [0.5, 0.6) is 5.75 Å². The van der Waals surface area contributed by atoms with Crippen molar-refractivity contribution in [2.45, 2.75) is 54.7 Å². The van der Waals surface area contributed by atoms with Crippen molar-refractivity contribution in [3.8, 4) is 5.75 Å². The number of thiazole rings is 1. The summed E-state index contributed by atoms with van der Waals surface area (Å²) in [5.41, 5.74) is 1.89. The second-order valence-electron chi connectivity index (χ2n) is 9.82. The molecule has 1 aliphatic heterocycles. The number of carbonyl (C=O) groups excluding carboxylic acids is 2. The van der Waals surface area contributed by atoms with Gasteiger partial charge in [-0.15, -0.1) is 21.5 Å². The molecular formula is C29H27N5O3S5. The van der Waals surface area contributed by atoms with Crippen molar-refractivity contribution in [3.05, 3.63) is 64.0 Å². The number of aromatic nitrogens is 3. The number of amides is 2. The molecule has 13 heteroatoms. The zero-order valence-electron chi connectivity index (χ0n) is 22.5. The van der Waals surface area contributed by atoms with Crippen LogP contribution >= 0.6 is 58.4 Å². The molecule has 42 heavy (non-hydrogen) atoms. The van der Waals surface area contributed by atoms with E-state index < -0.39 is 0 Å². The molecule has 216 valence electrons. The van der Waals surface area contributed by atoms with Gasteiger partial charge in [0.1, 0.15) is 15.1 Å². The number of benzene rings is 2. The van der Waals surface area contributed by atoms with Crippen LogP contribution in [0.1, 0.15) is 49.1 Å². The Balaban J connectivity index is 0.970. The first kappa shape index (κ1) is 29.2. The third-order valence-electron chi connectivity index (χ3n) is 6.78. The first-order chi connectivity index (χ1) is 20.5. The molecule has 0 atom stereocenters. The number of thioether (sulfide) groups is 2. The highest BCUT2D eigenvalue weighted by molar-refractivity contribution is 8.26. The van der Waals surface area contributed by atoms with E-state index in [1.54, 1.807) is 23.1 Å². The standard InChI is InChI=1S/C29H27N5O3S5/c35-24(31-27-33-32-25(42-27)17-39-28-30-21-8-4-5-9-22(21)40-28)14-15-34-26(36)23(41-29(34)38)16-18-10-12-20(13-11-18)37-19-6-2-1-3-7-19/h4-5,8-13,16,19H,1-3,6-7,14-15,17H2,(H,31,33,35)/b23-16-. The van der Waals surface area contributed by atoms with Crippen molar-refractivity contribution >= 4 is 96.0 Å². The summed E-state index contributed by atoms with van der Waals surface area (Å²) in [6, 6.07) is 15.8. The summed E-state index contributed by atoms with van der Waals surface area (Å²) in [5, 5.41) is 12.3. The second kappa shape index (κ2) is 13.6. The second-order valence-corrected chi connectivity index (χ2v) is 14.8. The molecule has 2 aromatic carbocycles. The monoisotopic (exact) mass is 653 g/mol. The third kappa shape index (κ3) is 7.38. The summed E-state index contributed by atoms with van der Waals surface area (Å²) < 4.78 is 8.67. The molecule has 2 aliphatic rings. The Morgan fingerprint density at radius 2 is 1.90 bits per heavy atom. The number of rotatable bonds is 10. The first-order valence-electron chi connectivity index (χ1n) is 13.6. The molecular weight excluding hydrogens is 627 g/mol. The minimum Gasteiger partial charge on any atom is -0.490 e. The SMILES string of the molecule is O=C(CCN1C(=O)/C(=C/c2ccc(OC3CCCCC3)cc2)SC1=S)Nc1nnc(CSc2nc3ccccc3s2)s1. The summed E-state index contributed by atoms with van der Waals surface area (Å²) in [7, 11) is 0. The van der Waals surface area contributed by atoms with Crippen LogP contribution in [0.15, 0.2) is 57.8 Å². The van der Waals surface area contributed by atoms with Gasteiger partial charge in [0, 0.05) is 13.0 Å². The van der Waals surface area contributed by atoms with E-state index in [0.29, 0.717) is 26.2 Å². The van der Waals surface area contributed by atoms with Gasteiger partial charge in [0.15, 0.2) is 4.34 Å². The number of fused-ring (bicyclic) bond motifs is 1. The van der Waals surface area contributed by atoms with Gasteiger partial charge < -0.3 is 10.1 Å². The van der Waals surface area contributed by atoms with Gasteiger partial charge >= 0.3 is 0 Å². The number of anilines is 1. The van der Waals surface area contributed by atoms with Gasteiger partial charge in [0.05, 0.1) is 27.0 Å². The van der Waals surface area contributed by atoms with Gasteiger partial charge in [0.2, 0.25) is 11.0 Å². The summed E-state index contributed by atoms with van der Waals surface area (Å²) >= 11 is 11.3. The van der Waals surface area contributed by atoms with Gasteiger partial charge in [-0.05, 0) is 61.6 Å². The molecule has 0 spiro atoms. The van der Waals surface area contributed by atoms with Gasteiger partial charge in [-0.1, -0.05) is 77.8 Å². The number of carbonyl (C=O) groups is 2. The summed E-state index contributed by atoms with van der Waals surface area (Å²) in [4.78, 5) is 32.3. The number of hydrogen-bond donors (Lipinski definition) is 1. The number of nitrogens with one attached hydrogen (secondary N) is 1. The van der Waals surface area contributed by atoms with Crippen LogP contribution in [-0.2, 0) is 15.3 Å². The molecule has 1 saturated carbocycles. The Kier molecular flexibility index (Phi) is 9.49. The number of hydrogen-bond acceptors (Lipinski definition) is 11. The molecule has 0 unspecified atom stereocenters. The molecule has 1 aliphatic carbocycles. The molecule has 0 radical (unpaired) electrons. The Hall–Kier alpha value is -2.84. The fourth-order valence-electron chi connectivity index (χ4n) is 4.66. The van der Waals surface area contributed by atoms with E-state index in [2.05, 4.69) is 26.6 Å². The van der Waals surface area contributed by atoms with Crippen LogP contribution in [0, 0.1) is 0 Å². The molecule has 8 nitrogen and oxygen atoms in total. The van der Waals surface area contributed by atoms with Gasteiger partial charge in [-0.2, -0.15) is 0 Å². The Labute approximate surface area is 265 Å². The van der Waals surface area contributed by atoms with E-state index in [4.69, 9.17) is 17.0 Å². The molecule has 1 N–H and O–H groups in total. The average molecular weight is 654 g/mol. The minimum atomic E-state index is -0.247. The van der Waals surface area contributed by atoms with Crippen LogP contribution in [0.4, 0.5) is 5.13 Å². The van der Waals surface area contributed by atoms with Crippen molar-refractivity contribution in [2.24, 2.45) is 0 Å². The first-order valence-corrected chi connectivity index (χ1v) is 17.5. The quantitative estimate of drug-likeness (QED) is 0.107. The van der Waals surface area contributed by atoms with Gasteiger partial charge in [0.25, 0.3) is 5.91 Å². The highest BCUT2D eigenvalue weighted by atomic mass is 32.2. The molecule has 4 aromatic rings. The summed E-state index contributed by atoms with van der Waals surface area (Å²) in [6.07, 6.45) is 8.17. The predicted octanol–water partition coefficient (Wildman–Crippen LogP) is 7.38. The zero-order chi connectivity index (χ0) is 28.9. The van der Waals surface area contributed by atoms with E-state index in [1.165, 1.54) is 47.3 Å². The topological polar surface area (TPSA) is 97.3 Å². The van der Waals surface area contributed by atoms with E-state index in [1.807, 2.05) is 48.5 Å². The fourth-order valence-corrected chi connectivity index (χ4v) is 8.77. The van der Waals surface area contributed by atoms with Crippen LogP contribution in [0.2, 0.25) is 0 Å². The van der Waals surface area contributed by atoms with Crippen LogP contribution in [0.25, 0.3) is 16.3 Å². The fraction of sp³-hybridized carbons (Fsp3) is 0.310. The van der Waals surface area contributed by atoms with Crippen molar-refractivity contribution in [1.29, 1.82) is 0 Å². The molecule has 2 aromatic heterocycles. The van der Waals surface area contributed by atoms with Crippen molar-refractivity contribution in [1.82, 2.24) is 20.1 Å². The van der Waals surface area contributed by atoms with E-state index in [9.17, 15) is 9.59 Å². The number of ether oxygens (including phenoxy) is 1. The average Bonchev–Trinajstić information content (AvgIpc) is 3.69. The normalized spacial score (nSPS) is 17.0. The van der Waals surface area contributed by atoms with Crippen molar-refractivity contribution in [2.75, 3.05) is 11.9 Å². The largest absolute Gasteiger partial charge is 0.490 e. The van der Waals surface area contributed by atoms with E-state index in [0.717, 1.165) is 43.7 Å². The highest BCUT2D eigenvalue weighted by Gasteiger charge is 2.32. The molecule has 6 rings (SSSR count). The summed E-state index contributed by atoms with van der Waals surface area (Å²) in [5.74, 6) is 1.03. The van der Waals surface area contributed by atoms with Gasteiger partial charge in [-0.3, -0.25) is 14.5 Å². The highest BCUT2D eigenvalue weighted by Crippen LogP contribution is 2.34.